The van der Waals surface area contributed by atoms with Crippen LogP contribution in [0.15, 0.2) is 30.5 Å². The maximum absolute atomic E-state index is 6.15. The molecule has 0 amide bonds. The fourth-order valence-corrected chi connectivity index (χ4v) is 2.67. The molecule has 1 heterocycles. The summed E-state index contributed by atoms with van der Waals surface area (Å²) in [7, 11) is 0. The maximum Gasteiger partial charge on any atom is 0.0897 e. The number of halogens is 1. The highest BCUT2D eigenvalue weighted by molar-refractivity contribution is 14.1. The molecule has 0 saturated carbocycles. The predicted molar refractivity (Wildman–Crippen MR) is 76.6 cm³/mol. The number of thiazole rings is 1. The molecule has 2 rings (SSSR count). The summed E-state index contributed by atoms with van der Waals surface area (Å²) in [4.78, 5) is 5.39. The van der Waals surface area contributed by atoms with Crippen molar-refractivity contribution < 1.29 is 0 Å². The molecule has 2 N–H and O–H groups in total. The summed E-state index contributed by atoms with van der Waals surface area (Å²) in [5.74, 6) is 0. The third-order valence-corrected chi connectivity index (χ3v) is 4.14. The van der Waals surface area contributed by atoms with E-state index in [0.717, 1.165) is 16.3 Å². The van der Waals surface area contributed by atoms with Crippen molar-refractivity contribution in [2.24, 2.45) is 5.73 Å². The highest BCUT2D eigenvalue weighted by Gasteiger charge is 2.09. The summed E-state index contributed by atoms with van der Waals surface area (Å²) in [5, 5.41) is 1.08. The van der Waals surface area contributed by atoms with Crippen LogP contribution in [0, 0.1) is 10.5 Å². The van der Waals surface area contributed by atoms with Crippen molar-refractivity contribution in [1.82, 2.24) is 4.98 Å². The molecule has 0 bridgehead atoms. The Labute approximate surface area is 113 Å². The summed E-state index contributed by atoms with van der Waals surface area (Å²) < 4.78 is 1.25. The number of nitrogens with two attached hydrogens (primary N) is 1. The van der Waals surface area contributed by atoms with E-state index in [2.05, 4.69) is 51.8 Å². The van der Waals surface area contributed by atoms with Crippen LogP contribution in [0.2, 0.25) is 0 Å². The van der Waals surface area contributed by atoms with Gasteiger partial charge in [-0.3, -0.25) is 0 Å². The Hall–Kier alpha value is -0.460. The standard InChI is InChI=1S/C12H13IN2S/c1-8-15-7-12(16-8)11(14)6-9-2-4-10(13)5-3-9/h2-5,7,11H,6,14H2,1H3. The van der Waals surface area contributed by atoms with Gasteiger partial charge in [-0.25, -0.2) is 4.98 Å². The van der Waals surface area contributed by atoms with E-state index in [1.54, 1.807) is 11.3 Å². The summed E-state index contributed by atoms with van der Waals surface area (Å²) in [6.07, 6.45) is 2.76. The van der Waals surface area contributed by atoms with Gasteiger partial charge in [-0.2, -0.15) is 0 Å². The second kappa shape index (κ2) is 5.25. The molecule has 16 heavy (non-hydrogen) atoms. The first-order chi connectivity index (χ1) is 7.65. The van der Waals surface area contributed by atoms with Gasteiger partial charge in [0.05, 0.1) is 5.01 Å². The quantitative estimate of drug-likeness (QED) is 0.868. The molecule has 2 nitrogen and oxygen atoms in total. The number of hydrogen-bond acceptors (Lipinski definition) is 3. The van der Waals surface area contributed by atoms with Crippen LogP contribution >= 0.6 is 33.9 Å². The molecule has 0 aliphatic rings. The smallest absolute Gasteiger partial charge is 0.0897 e. The lowest BCUT2D eigenvalue weighted by Crippen LogP contribution is -2.11. The van der Waals surface area contributed by atoms with E-state index >= 15 is 0 Å². The van der Waals surface area contributed by atoms with E-state index in [4.69, 9.17) is 5.73 Å². The van der Waals surface area contributed by atoms with Gasteiger partial charge in [0.1, 0.15) is 0 Å². The highest BCUT2D eigenvalue weighted by Crippen LogP contribution is 2.22. The molecule has 0 saturated heterocycles. The normalized spacial score (nSPS) is 12.7. The number of hydrogen-bond donors (Lipinski definition) is 1. The number of nitrogens with zero attached hydrogens (tertiary/aromatic N) is 1. The monoisotopic (exact) mass is 344 g/mol. The molecule has 1 aromatic heterocycles. The van der Waals surface area contributed by atoms with Gasteiger partial charge in [-0.15, -0.1) is 11.3 Å². The molecule has 4 heteroatoms. The zero-order valence-corrected chi connectivity index (χ0v) is 12.0. The Morgan fingerprint density at radius 3 is 2.62 bits per heavy atom. The first-order valence-electron chi connectivity index (χ1n) is 5.07. The van der Waals surface area contributed by atoms with Crippen LogP contribution in [-0.2, 0) is 6.42 Å². The van der Waals surface area contributed by atoms with Gasteiger partial charge < -0.3 is 5.73 Å². The summed E-state index contributed by atoms with van der Waals surface area (Å²) in [6.45, 7) is 2.01. The van der Waals surface area contributed by atoms with Crippen LogP contribution in [0.1, 0.15) is 21.5 Å². The van der Waals surface area contributed by atoms with Gasteiger partial charge in [-0.05, 0) is 53.6 Å². The van der Waals surface area contributed by atoms with Gasteiger partial charge in [0.15, 0.2) is 0 Å². The molecule has 1 atom stereocenters. The van der Waals surface area contributed by atoms with E-state index in [1.165, 1.54) is 9.13 Å². The van der Waals surface area contributed by atoms with Gasteiger partial charge in [0.25, 0.3) is 0 Å². The molecule has 84 valence electrons. The first kappa shape index (κ1) is 12.0. The Balaban J connectivity index is 2.07. The summed E-state index contributed by atoms with van der Waals surface area (Å²) in [6, 6.07) is 8.55. The number of aryl methyl sites for hydroxylation is 1. The minimum absolute atomic E-state index is 0.0614. The largest absolute Gasteiger partial charge is 0.323 e. The van der Waals surface area contributed by atoms with Crippen molar-refractivity contribution in [3.8, 4) is 0 Å². The van der Waals surface area contributed by atoms with Crippen LogP contribution < -0.4 is 5.73 Å². The predicted octanol–water partition coefficient (Wildman–Crippen LogP) is 3.30. The Morgan fingerprint density at radius 2 is 2.06 bits per heavy atom. The fourth-order valence-electron chi connectivity index (χ4n) is 1.52. The van der Waals surface area contributed by atoms with Gasteiger partial charge in [0.2, 0.25) is 0 Å². The third kappa shape index (κ3) is 3.02. The van der Waals surface area contributed by atoms with Gasteiger partial charge in [0, 0.05) is 20.7 Å². The van der Waals surface area contributed by atoms with Gasteiger partial charge in [-0.1, -0.05) is 12.1 Å². The van der Waals surface area contributed by atoms with Crippen LogP contribution in [-0.4, -0.2) is 4.98 Å². The summed E-state index contributed by atoms with van der Waals surface area (Å²) in [5.41, 5.74) is 7.42. The van der Waals surface area contributed by atoms with Crippen LogP contribution in [0.25, 0.3) is 0 Å². The average Bonchev–Trinajstić information content (AvgIpc) is 2.68. The molecule has 0 spiro atoms. The van der Waals surface area contributed by atoms with Crippen molar-refractivity contribution in [1.29, 1.82) is 0 Å². The lowest BCUT2D eigenvalue weighted by atomic mass is 10.1. The molecular weight excluding hydrogens is 331 g/mol. The molecule has 1 unspecified atom stereocenters. The Kier molecular flexibility index (Phi) is 3.94. The second-order valence-electron chi connectivity index (χ2n) is 3.72. The second-order valence-corrected chi connectivity index (χ2v) is 6.23. The zero-order valence-electron chi connectivity index (χ0n) is 8.98. The maximum atomic E-state index is 6.15. The van der Waals surface area contributed by atoms with Crippen molar-refractivity contribution in [3.63, 3.8) is 0 Å². The minimum atomic E-state index is 0.0614. The van der Waals surface area contributed by atoms with E-state index in [9.17, 15) is 0 Å². The minimum Gasteiger partial charge on any atom is -0.323 e. The van der Waals surface area contributed by atoms with E-state index in [-0.39, 0.29) is 6.04 Å². The number of aromatic nitrogens is 1. The van der Waals surface area contributed by atoms with Crippen molar-refractivity contribution in [2.45, 2.75) is 19.4 Å². The first-order valence-corrected chi connectivity index (χ1v) is 6.97. The number of benzene rings is 1. The zero-order chi connectivity index (χ0) is 11.5. The Bertz CT molecular complexity index is 464. The molecular formula is C12H13IN2S. The van der Waals surface area contributed by atoms with Crippen LogP contribution in [0.3, 0.4) is 0 Å². The molecule has 2 aromatic rings. The lowest BCUT2D eigenvalue weighted by molar-refractivity contribution is 0.734. The topological polar surface area (TPSA) is 38.9 Å². The van der Waals surface area contributed by atoms with Crippen LogP contribution in [0.4, 0.5) is 0 Å². The van der Waals surface area contributed by atoms with Crippen molar-refractivity contribution in [3.05, 3.63) is 49.5 Å². The summed E-state index contributed by atoms with van der Waals surface area (Å²) >= 11 is 3.99. The average molecular weight is 344 g/mol. The van der Waals surface area contributed by atoms with Crippen molar-refractivity contribution in [2.75, 3.05) is 0 Å². The van der Waals surface area contributed by atoms with E-state index < -0.39 is 0 Å². The number of rotatable bonds is 3. The third-order valence-electron chi connectivity index (χ3n) is 2.37. The van der Waals surface area contributed by atoms with E-state index in [1.807, 2.05) is 13.1 Å². The fraction of sp³-hybridized carbons (Fsp3) is 0.250. The van der Waals surface area contributed by atoms with Crippen LogP contribution in [0.5, 0.6) is 0 Å². The van der Waals surface area contributed by atoms with Gasteiger partial charge >= 0.3 is 0 Å². The van der Waals surface area contributed by atoms with Crippen molar-refractivity contribution >= 4 is 33.9 Å². The molecule has 1 aromatic carbocycles. The SMILES string of the molecule is Cc1ncc(C(N)Cc2ccc(I)cc2)s1. The molecule has 0 radical (unpaired) electrons. The molecule has 0 aliphatic carbocycles. The van der Waals surface area contributed by atoms with E-state index in [0.29, 0.717) is 0 Å². The highest BCUT2D eigenvalue weighted by atomic mass is 127. The molecule has 0 fully saturated rings. The molecule has 0 aliphatic heterocycles. The Morgan fingerprint density at radius 1 is 1.38 bits per heavy atom. The lowest BCUT2D eigenvalue weighted by Gasteiger charge is -2.08.